The van der Waals surface area contributed by atoms with Crippen LogP contribution in [0, 0.1) is 5.41 Å². The van der Waals surface area contributed by atoms with Gasteiger partial charge in [-0.05, 0) is 31.1 Å². The van der Waals surface area contributed by atoms with E-state index in [0.29, 0.717) is 5.41 Å². The predicted molar refractivity (Wildman–Crippen MR) is 66.1 cm³/mol. The Hall–Kier alpha value is -0.830. The molecule has 0 aromatic carbocycles. The smallest absolute Gasteiger partial charge is 0.110 e. The molecule has 3 nitrogen and oxygen atoms in total. The molecule has 0 spiro atoms. The molecule has 1 aliphatic carbocycles. The van der Waals surface area contributed by atoms with E-state index in [-0.39, 0.29) is 5.54 Å². The summed E-state index contributed by atoms with van der Waals surface area (Å²) in [4.78, 5) is 4.37. The van der Waals surface area contributed by atoms with E-state index < -0.39 is 0 Å². The molecule has 2 rings (SSSR count). The lowest BCUT2D eigenvalue weighted by Gasteiger charge is -2.41. The molecule has 90 valence electrons. The molecule has 1 fully saturated rings. The summed E-state index contributed by atoms with van der Waals surface area (Å²) in [7, 11) is 2.04. The molecule has 16 heavy (non-hydrogen) atoms. The van der Waals surface area contributed by atoms with Crippen molar-refractivity contribution in [2.24, 2.45) is 18.2 Å². The number of aromatic nitrogens is 2. The largest absolute Gasteiger partial charge is 0.338 e. The number of hydrogen-bond donors (Lipinski definition) is 1. The van der Waals surface area contributed by atoms with Crippen LogP contribution in [0.4, 0.5) is 0 Å². The molecule has 0 atom stereocenters. The van der Waals surface area contributed by atoms with E-state index in [9.17, 15) is 0 Å². The van der Waals surface area contributed by atoms with Crippen LogP contribution in [0.3, 0.4) is 0 Å². The molecule has 1 heterocycles. The first-order valence-electron chi connectivity index (χ1n) is 6.15. The van der Waals surface area contributed by atoms with Gasteiger partial charge in [-0.2, -0.15) is 0 Å². The van der Waals surface area contributed by atoms with Crippen molar-refractivity contribution in [3.63, 3.8) is 0 Å². The summed E-state index contributed by atoms with van der Waals surface area (Å²) in [6, 6.07) is 0. The van der Waals surface area contributed by atoms with E-state index in [4.69, 9.17) is 5.73 Å². The number of rotatable bonds is 2. The maximum Gasteiger partial charge on any atom is 0.110 e. The molecule has 0 saturated heterocycles. The molecular formula is C13H23N3. The second-order valence-electron chi connectivity index (χ2n) is 6.16. The second-order valence-corrected chi connectivity index (χ2v) is 6.16. The van der Waals surface area contributed by atoms with Crippen LogP contribution in [0.25, 0.3) is 0 Å². The fraction of sp³-hybridized carbons (Fsp3) is 0.769. The average molecular weight is 221 g/mol. The average Bonchev–Trinajstić information content (AvgIpc) is 2.58. The van der Waals surface area contributed by atoms with Crippen LogP contribution in [-0.2, 0) is 13.5 Å². The maximum atomic E-state index is 6.49. The van der Waals surface area contributed by atoms with Crippen molar-refractivity contribution in [2.45, 2.75) is 51.5 Å². The first-order valence-corrected chi connectivity index (χ1v) is 6.15. The van der Waals surface area contributed by atoms with Gasteiger partial charge in [-0.3, -0.25) is 0 Å². The molecule has 1 aliphatic rings. The molecule has 0 aliphatic heterocycles. The monoisotopic (exact) mass is 221 g/mol. The Kier molecular flexibility index (Phi) is 2.82. The molecule has 1 aromatic heterocycles. The molecule has 0 amide bonds. The van der Waals surface area contributed by atoms with E-state index in [0.717, 1.165) is 25.1 Å². The minimum atomic E-state index is -0.0331. The first kappa shape index (κ1) is 11.6. The van der Waals surface area contributed by atoms with Crippen LogP contribution in [0.15, 0.2) is 12.4 Å². The van der Waals surface area contributed by atoms with Gasteiger partial charge >= 0.3 is 0 Å². The molecule has 0 radical (unpaired) electrons. The highest BCUT2D eigenvalue weighted by atomic mass is 15.0. The summed E-state index contributed by atoms with van der Waals surface area (Å²) in [6.45, 7) is 4.68. The summed E-state index contributed by atoms with van der Waals surface area (Å²) in [5.41, 5.74) is 6.93. The van der Waals surface area contributed by atoms with E-state index in [1.807, 2.05) is 19.4 Å². The molecule has 0 unspecified atom stereocenters. The lowest BCUT2D eigenvalue weighted by molar-refractivity contribution is 0.162. The number of aryl methyl sites for hydroxylation is 1. The Labute approximate surface area is 98.1 Å². The Balaban J connectivity index is 2.03. The zero-order valence-electron chi connectivity index (χ0n) is 10.7. The van der Waals surface area contributed by atoms with E-state index >= 15 is 0 Å². The van der Waals surface area contributed by atoms with Crippen molar-refractivity contribution < 1.29 is 0 Å². The molecule has 3 heteroatoms. The molecule has 2 N–H and O–H groups in total. The van der Waals surface area contributed by atoms with E-state index in [2.05, 4.69) is 23.4 Å². The second kappa shape index (κ2) is 3.88. The zero-order valence-corrected chi connectivity index (χ0v) is 10.7. The number of nitrogens with two attached hydrogens (primary N) is 1. The van der Waals surface area contributed by atoms with Gasteiger partial charge in [0.2, 0.25) is 0 Å². The highest BCUT2D eigenvalue weighted by Gasteiger charge is 2.36. The Morgan fingerprint density at radius 2 is 1.94 bits per heavy atom. The van der Waals surface area contributed by atoms with Crippen LogP contribution in [-0.4, -0.2) is 15.1 Å². The third kappa shape index (κ3) is 2.46. The fourth-order valence-corrected chi connectivity index (χ4v) is 2.48. The molecule has 0 bridgehead atoms. The summed E-state index contributed by atoms with van der Waals surface area (Å²) in [5, 5.41) is 0. The summed E-state index contributed by atoms with van der Waals surface area (Å²) in [5.74, 6) is 1.11. The zero-order chi connectivity index (χ0) is 11.8. The molecule has 1 aromatic rings. The van der Waals surface area contributed by atoms with Crippen LogP contribution in [0.1, 0.15) is 45.4 Å². The van der Waals surface area contributed by atoms with Gasteiger partial charge in [0.1, 0.15) is 5.82 Å². The van der Waals surface area contributed by atoms with Crippen LogP contribution in [0.5, 0.6) is 0 Å². The minimum absolute atomic E-state index is 0.0331. The van der Waals surface area contributed by atoms with Gasteiger partial charge in [-0.25, -0.2) is 4.98 Å². The summed E-state index contributed by atoms with van der Waals surface area (Å²) < 4.78 is 2.08. The van der Waals surface area contributed by atoms with Gasteiger partial charge < -0.3 is 10.3 Å². The van der Waals surface area contributed by atoms with Crippen LogP contribution < -0.4 is 5.73 Å². The van der Waals surface area contributed by atoms with Gasteiger partial charge in [0.05, 0.1) is 0 Å². The number of hydrogen-bond acceptors (Lipinski definition) is 2. The van der Waals surface area contributed by atoms with Gasteiger partial charge in [0.25, 0.3) is 0 Å². The SMILES string of the molecule is Cn1ccnc1CC1(N)CCC(C)(C)CC1. The third-order valence-corrected chi connectivity index (χ3v) is 4.03. The minimum Gasteiger partial charge on any atom is -0.338 e. The normalized spacial score (nSPS) is 23.2. The van der Waals surface area contributed by atoms with Crippen molar-refractivity contribution in [3.8, 4) is 0 Å². The van der Waals surface area contributed by atoms with Crippen LogP contribution >= 0.6 is 0 Å². The van der Waals surface area contributed by atoms with Gasteiger partial charge in [0, 0.05) is 31.4 Å². The predicted octanol–water partition coefficient (Wildman–Crippen LogP) is 2.26. The van der Waals surface area contributed by atoms with Crippen molar-refractivity contribution >= 4 is 0 Å². The lowest BCUT2D eigenvalue weighted by atomic mass is 9.68. The Morgan fingerprint density at radius 3 is 2.44 bits per heavy atom. The lowest BCUT2D eigenvalue weighted by Crippen LogP contribution is -2.47. The Morgan fingerprint density at radius 1 is 1.31 bits per heavy atom. The van der Waals surface area contributed by atoms with Crippen molar-refractivity contribution in [3.05, 3.63) is 18.2 Å². The first-order chi connectivity index (χ1) is 7.40. The molecular weight excluding hydrogens is 198 g/mol. The van der Waals surface area contributed by atoms with Crippen molar-refractivity contribution in [1.82, 2.24) is 9.55 Å². The topological polar surface area (TPSA) is 43.8 Å². The van der Waals surface area contributed by atoms with Gasteiger partial charge in [-0.15, -0.1) is 0 Å². The third-order valence-electron chi connectivity index (χ3n) is 4.03. The fourth-order valence-electron chi connectivity index (χ4n) is 2.48. The van der Waals surface area contributed by atoms with Gasteiger partial charge in [0.15, 0.2) is 0 Å². The van der Waals surface area contributed by atoms with E-state index in [1.165, 1.54) is 12.8 Å². The summed E-state index contributed by atoms with van der Waals surface area (Å²) in [6.07, 6.45) is 9.45. The summed E-state index contributed by atoms with van der Waals surface area (Å²) >= 11 is 0. The highest BCUT2D eigenvalue weighted by Crippen LogP contribution is 2.40. The highest BCUT2D eigenvalue weighted by molar-refractivity contribution is 5.03. The quantitative estimate of drug-likeness (QED) is 0.832. The standard InChI is InChI=1S/C13H23N3/c1-12(2)4-6-13(14,7-5-12)10-11-15-8-9-16(11)3/h8-9H,4-7,10,14H2,1-3H3. The number of imidazole rings is 1. The van der Waals surface area contributed by atoms with Gasteiger partial charge in [-0.1, -0.05) is 13.8 Å². The number of nitrogens with zero attached hydrogens (tertiary/aromatic N) is 2. The maximum absolute atomic E-state index is 6.49. The van der Waals surface area contributed by atoms with Crippen molar-refractivity contribution in [1.29, 1.82) is 0 Å². The van der Waals surface area contributed by atoms with E-state index in [1.54, 1.807) is 0 Å². The Bertz CT molecular complexity index is 355. The van der Waals surface area contributed by atoms with Crippen molar-refractivity contribution in [2.75, 3.05) is 0 Å². The molecule has 1 saturated carbocycles. The van der Waals surface area contributed by atoms with Crippen LogP contribution in [0.2, 0.25) is 0 Å².